The van der Waals surface area contributed by atoms with Crippen LogP contribution >= 0.6 is 15.9 Å². The van der Waals surface area contributed by atoms with Crippen LogP contribution in [-0.4, -0.2) is 47.8 Å². The van der Waals surface area contributed by atoms with Gasteiger partial charge in [0.25, 0.3) is 5.91 Å². The monoisotopic (exact) mass is 338 g/mol. The van der Waals surface area contributed by atoms with Crippen LogP contribution in [0.4, 0.5) is 0 Å². The molecule has 1 fully saturated rings. The average Bonchev–Trinajstić information content (AvgIpc) is 2.44. The molecule has 20 heavy (non-hydrogen) atoms. The number of hydrogen-bond donors (Lipinski definition) is 0. The Morgan fingerprint density at radius 2 is 2.15 bits per heavy atom. The van der Waals surface area contributed by atoms with Crippen LogP contribution in [0.25, 0.3) is 0 Å². The molecule has 0 aliphatic carbocycles. The molecule has 108 valence electrons. The SMILES string of the molecule is CCCC1C(=O)N(C)CCN1C(=O)c1cccc(Br)c1. The highest BCUT2D eigenvalue weighted by atomic mass is 79.9. The average molecular weight is 339 g/mol. The normalized spacial score (nSPS) is 19.4. The van der Waals surface area contributed by atoms with E-state index in [4.69, 9.17) is 0 Å². The lowest BCUT2D eigenvalue weighted by molar-refractivity contribution is -0.138. The van der Waals surface area contributed by atoms with Gasteiger partial charge >= 0.3 is 0 Å². The molecule has 0 N–H and O–H groups in total. The van der Waals surface area contributed by atoms with Crippen molar-refractivity contribution in [3.8, 4) is 0 Å². The summed E-state index contributed by atoms with van der Waals surface area (Å²) in [6.45, 7) is 3.22. The molecule has 1 unspecified atom stereocenters. The standard InChI is InChI=1S/C15H19BrN2O2/c1-3-5-13-15(20)17(2)8-9-18(13)14(19)11-6-4-7-12(16)10-11/h4,6-7,10,13H,3,5,8-9H2,1-2H3. The van der Waals surface area contributed by atoms with E-state index in [1.54, 1.807) is 29.0 Å². The maximum Gasteiger partial charge on any atom is 0.254 e. The van der Waals surface area contributed by atoms with Crippen molar-refractivity contribution in [3.05, 3.63) is 34.3 Å². The first-order valence-corrected chi connectivity index (χ1v) is 7.65. The summed E-state index contributed by atoms with van der Waals surface area (Å²) in [5.41, 5.74) is 0.623. The first kappa shape index (κ1) is 15.0. The first-order chi connectivity index (χ1) is 9.54. The van der Waals surface area contributed by atoms with Crippen molar-refractivity contribution in [3.63, 3.8) is 0 Å². The predicted molar refractivity (Wildman–Crippen MR) is 81.5 cm³/mol. The van der Waals surface area contributed by atoms with Gasteiger partial charge in [-0.15, -0.1) is 0 Å². The number of carbonyl (C=O) groups is 2. The van der Waals surface area contributed by atoms with Crippen LogP contribution in [0.1, 0.15) is 30.1 Å². The van der Waals surface area contributed by atoms with E-state index in [2.05, 4.69) is 15.9 Å². The minimum absolute atomic E-state index is 0.0430. The summed E-state index contributed by atoms with van der Waals surface area (Å²) in [4.78, 5) is 28.3. The second kappa shape index (κ2) is 6.39. The second-order valence-corrected chi connectivity index (χ2v) is 5.99. The first-order valence-electron chi connectivity index (χ1n) is 6.86. The van der Waals surface area contributed by atoms with Gasteiger partial charge in [-0.25, -0.2) is 0 Å². The van der Waals surface area contributed by atoms with Crippen molar-refractivity contribution in [2.75, 3.05) is 20.1 Å². The number of hydrogen-bond acceptors (Lipinski definition) is 2. The van der Waals surface area contributed by atoms with Gasteiger partial charge in [0, 0.05) is 30.2 Å². The summed E-state index contributed by atoms with van der Waals surface area (Å²) in [6, 6.07) is 6.98. The number of nitrogens with zero attached hydrogens (tertiary/aromatic N) is 2. The summed E-state index contributed by atoms with van der Waals surface area (Å²) >= 11 is 3.38. The van der Waals surface area contributed by atoms with E-state index in [0.29, 0.717) is 25.1 Å². The topological polar surface area (TPSA) is 40.6 Å². The number of amides is 2. The fraction of sp³-hybridized carbons (Fsp3) is 0.467. The zero-order chi connectivity index (χ0) is 14.7. The van der Waals surface area contributed by atoms with Gasteiger partial charge in [0.15, 0.2) is 0 Å². The fourth-order valence-corrected chi connectivity index (χ4v) is 2.89. The third kappa shape index (κ3) is 3.03. The van der Waals surface area contributed by atoms with Gasteiger partial charge in [-0.2, -0.15) is 0 Å². The molecule has 1 aliphatic heterocycles. The quantitative estimate of drug-likeness (QED) is 0.849. The molecule has 0 aromatic heterocycles. The molecule has 4 nitrogen and oxygen atoms in total. The highest BCUT2D eigenvalue weighted by Gasteiger charge is 2.35. The Morgan fingerprint density at radius 3 is 2.80 bits per heavy atom. The molecule has 1 saturated heterocycles. The number of carbonyl (C=O) groups excluding carboxylic acids is 2. The molecule has 1 aromatic rings. The summed E-state index contributed by atoms with van der Waals surface area (Å²) in [7, 11) is 1.80. The van der Waals surface area contributed by atoms with Crippen LogP contribution in [0.15, 0.2) is 28.7 Å². The van der Waals surface area contributed by atoms with Gasteiger partial charge < -0.3 is 9.80 Å². The van der Waals surface area contributed by atoms with E-state index in [-0.39, 0.29) is 17.9 Å². The Balaban J connectivity index is 2.25. The van der Waals surface area contributed by atoms with Crippen LogP contribution in [0.3, 0.4) is 0 Å². The third-order valence-corrected chi connectivity index (χ3v) is 4.10. The Kier molecular flexibility index (Phi) is 4.81. The molecule has 2 amide bonds. The van der Waals surface area contributed by atoms with Crippen molar-refractivity contribution in [2.24, 2.45) is 0 Å². The van der Waals surface area contributed by atoms with Gasteiger partial charge in [0.2, 0.25) is 5.91 Å². The lowest BCUT2D eigenvalue weighted by Gasteiger charge is -2.39. The van der Waals surface area contributed by atoms with E-state index in [1.807, 2.05) is 19.1 Å². The summed E-state index contributed by atoms with van der Waals surface area (Å²) in [6.07, 6.45) is 1.59. The molecule has 0 saturated carbocycles. The van der Waals surface area contributed by atoms with E-state index in [9.17, 15) is 9.59 Å². The summed E-state index contributed by atoms with van der Waals surface area (Å²) in [5, 5.41) is 0. The van der Waals surface area contributed by atoms with Crippen LogP contribution in [0.2, 0.25) is 0 Å². The smallest absolute Gasteiger partial charge is 0.254 e. The van der Waals surface area contributed by atoms with E-state index >= 15 is 0 Å². The van der Waals surface area contributed by atoms with Crippen molar-refractivity contribution < 1.29 is 9.59 Å². The molecule has 0 bridgehead atoms. The summed E-state index contributed by atoms with van der Waals surface area (Å²) < 4.78 is 0.871. The Hall–Kier alpha value is -1.36. The second-order valence-electron chi connectivity index (χ2n) is 5.07. The predicted octanol–water partition coefficient (Wildman–Crippen LogP) is 2.53. The molecule has 1 heterocycles. The van der Waals surface area contributed by atoms with E-state index in [1.165, 1.54) is 0 Å². The number of rotatable bonds is 3. The molecular formula is C15H19BrN2O2. The Morgan fingerprint density at radius 1 is 1.40 bits per heavy atom. The number of benzene rings is 1. The van der Waals surface area contributed by atoms with E-state index in [0.717, 1.165) is 10.9 Å². The Labute approximate surface area is 127 Å². The maximum absolute atomic E-state index is 12.6. The number of piperazine rings is 1. The van der Waals surface area contributed by atoms with Gasteiger partial charge in [-0.1, -0.05) is 35.3 Å². The zero-order valence-corrected chi connectivity index (χ0v) is 13.4. The maximum atomic E-state index is 12.6. The molecule has 5 heteroatoms. The number of likely N-dealkylation sites (N-methyl/N-ethyl adjacent to an activating group) is 1. The molecule has 0 radical (unpaired) electrons. The summed E-state index contributed by atoms with van der Waals surface area (Å²) in [5.74, 6) is -0.0207. The molecule has 1 atom stereocenters. The zero-order valence-electron chi connectivity index (χ0n) is 11.8. The molecule has 1 aliphatic rings. The van der Waals surface area contributed by atoms with Crippen molar-refractivity contribution >= 4 is 27.7 Å². The molecular weight excluding hydrogens is 320 g/mol. The van der Waals surface area contributed by atoms with Crippen LogP contribution in [0, 0.1) is 0 Å². The fourth-order valence-electron chi connectivity index (χ4n) is 2.49. The van der Waals surface area contributed by atoms with Crippen molar-refractivity contribution in [2.45, 2.75) is 25.8 Å². The highest BCUT2D eigenvalue weighted by molar-refractivity contribution is 9.10. The van der Waals surface area contributed by atoms with Crippen LogP contribution in [-0.2, 0) is 4.79 Å². The van der Waals surface area contributed by atoms with Gasteiger partial charge in [-0.05, 0) is 24.6 Å². The lowest BCUT2D eigenvalue weighted by atomic mass is 10.0. The van der Waals surface area contributed by atoms with Gasteiger partial charge in [0.05, 0.1) is 0 Å². The minimum Gasteiger partial charge on any atom is -0.342 e. The number of halogens is 1. The highest BCUT2D eigenvalue weighted by Crippen LogP contribution is 2.20. The van der Waals surface area contributed by atoms with Crippen molar-refractivity contribution in [1.29, 1.82) is 0 Å². The lowest BCUT2D eigenvalue weighted by Crippen LogP contribution is -2.57. The van der Waals surface area contributed by atoms with Gasteiger partial charge in [0.1, 0.15) is 6.04 Å². The molecule has 2 rings (SSSR count). The molecule has 0 spiro atoms. The molecule has 1 aromatic carbocycles. The van der Waals surface area contributed by atoms with Crippen molar-refractivity contribution in [1.82, 2.24) is 9.80 Å². The van der Waals surface area contributed by atoms with E-state index < -0.39 is 0 Å². The third-order valence-electron chi connectivity index (χ3n) is 3.61. The Bertz CT molecular complexity index is 518. The minimum atomic E-state index is -0.328. The largest absolute Gasteiger partial charge is 0.342 e. The van der Waals surface area contributed by atoms with Gasteiger partial charge in [-0.3, -0.25) is 9.59 Å². The van der Waals surface area contributed by atoms with Crippen LogP contribution in [0.5, 0.6) is 0 Å². The van der Waals surface area contributed by atoms with Crippen LogP contribution < -0.4 is 0 Å².